The van der Waals surface area contributed by atoms with E-state index in [1.165, 1.54) is 17.8 Å². The Morgan fingerprint density at radius 2 is 1.96 bits per heavy atom. The number of halogens is 1. The van der Waals surface area contributed by atoms with Crippen LogP contribution in [0.5, 0.6) is 5.75 Å². The summed E-state index contributed by atoms with van der Waals surface area (Å²) in [6.45, 7) is 1.88. The molecule has 0 saturated carbocycles. The van der Waals surface area contributed by atoms with Crippen LogP contribution in [0.2, 0.25) is 0 Å². The molecule has 0 unspecified atom stereocenters. The molecule has 0 bridgehead atoms. The number of carbonyl (C=O) groups excluding carboxylic acids is 1. The molecule has 1 aromatic heterocycles. The minimum Gasteiger partial charge on any atom is -0.497 e. The predicted molar refractivity (Wildman–Crippen MR) is 104 cm³/mol. The smallest absolute Gasteiger partial charge is 0.235 e. The fourth-order valence-corrected chi connectivity index (χ4v) is 4.44. The van der Waals surface area contributed by atoms with Crippen LogP contribution in [0.3, 0.4) is 0 Å². The van der Waals surface area contributed by atoms with Crippen molar-refractivity contribution < 1.29 is 13.9 Å². The van der Waals surface area contributed by atoms with Gasteiger partial charge < -0.3 is 10.1 Å². The number of ether oxygens (including phenoxy) is 1. The first kappa shape index (κ1) is 17.6. The summed E-state index contributed by atoms with van der Waals surface area (Å²) >= 11 is 1.41. The molecule has 1 amide bonds. The van der Waals surface area contributed by atoms with Crippen molar-refractivity contribution >= 4 is 23.5 Å². The molecule has 2 aromatic carbocycles. The highest BCUT2D eigenvalue weighted by Crippen LogP contribution is 2.44. The molecule has 1 N–H and O–H groups in total. The van der Waals surface area contributed by atoms with E-state index in [1.807, 2.05) is 37.3 Å². The Kier molecular flexibility index (Phi) is 4.61. The third-order valence-corrected chi connectivity index (χ3v) is 5.76. The molecule has 7 heteroatoms. The van der Waals surface area contributed by atoms with Gasteiger partial charge in [-0.15, -0.1) is 11.8 Å². The summed E-state index contributed by atoms with van der Waals surface area (Å²) < 4.78 is 21.4. The van der Waals surface area contributed by atoms with Gasteiger partial charge in [0, 0.05) is 11.1 Å². The average Bonchev–Trinajstić information content (AvgIpc) is 2.88. The van der Waals surface area contributed by atoms with E-state index in [-0.39, 0.29) is 22.7 Å². The van der Waals surface area contributed by atoms with Crippen LogP contribution in [0, 0.1) is 12.7 Å². The van der Waals surface area contributed by atoms with E-state index in [0.717, 1.165) is 22.7 Å². The molecule has 3 aromatic rings. The second-order valence-corrected chi connectivity index (χ2v) is 7.31. The number of thioether (sulfide) groups is 1. The molecule has 4 rings (SSSR count). The van der Waals surface area contributed by atoms with E-state index in [9.17, 15) is 9.18 Å². The number of aryl methyl sites for hydroxylation is 1. The highest BCUT2D eigenvalue weighted by atomic mass is 32.2. The van der Waals surface area contributed by atoms with Crippen LogP contribution < -0.4 is 10.1 Å². The van der Waals surface area contributed by atoms with Crippen molar-refractivity contribution in [2.24, 2.45) is 0 Å². The molecule has 1 aliphatic rings. The second-order valence-electron chi connectivity index (χ2n) is 6.22. The molecular weight excluding hydrogens is 365 g/mol. The lowest BCUT2D eigenvalue weighted by Crippen LogP contribution is -2.15. The van der Waals surface area contributed by atoms with Gasteiger partial charge in [-0.25, -0.2) is 9.07 Å². The average molecular weight is 383 g/mol. The second kappa shape index (κ2) is 7.08. The van der Waals surface area contributed by atoms with Crippen LogP contribution in [-0.2, 0) is 4.79 Å². The quantitative estimate of drug-likeness (QED) is 0.740. The largest absolute Gasteiger partial charge is 0.497 e. The van der Waals surface area contributed by atoms with Gasteiger partial charge in [0.15, 0.2) is 0 Å². The van der Waals surface area contributed by atoms with Crippen LogP contribution in [-0.4, -0.2) is 28.6 Å². The van der Waals surface area contributed by atoms with Crippen molar-refractivity contribution in [1.82, 2.24) is 9.78 Å². The van der Waals surface area contributed by atoms with Crippen molar-refractivity contribution in [1.29, 1.82) is 0 Å². The number of methoxy groups -OCH3 is 1. The van der Waals surface area contributed by atoms with Crippen molar-refractivity contribution in [2.45, 2.75) is 12.2 Å². The molecular formula is C20H18FN3O2S. The highest BCUT2D eigenvalue weighted by Gasteiger charge is 2.31. The number of benzene rings is 2. The molecule has 27 heavy (non-hydrogen) atoms. The number of aromatic nitrogens is 2. The zero-order valence-corrected chi connectivity index (χ0v) is 15.7. The minimum atomic E-state index is -0.313. The standard InChI is InChI=1S/C20H18FN3O2S/c1-12-18-19(15-5-3-4-6-16(15)21)27-11-17(25)22-20(18)24(23-12)13-7-9-14(26-2)10-8-13/h3-10,19H,11H2,1-2H3,(H,22,25)/t19-/m1/s1. The Hall–Kier alpha value is -2.80. The van der Waals surface area contributed by atoms with E-state index < -0.39 is 0 Å². The summed E-state index contributed by atoms with van der Waals surface area (Å²) in [7, 11) is 1.61. The molecule has 1 atom stereocenters. The van der Waals surface area contributed by atoms with Gasteiger partial charge in [-0.05, 0) is 37.3 Å². The zero-order chi connectivity index (χ0) is 19.0. The fourth-order valence-electron chi connectivity index (χ4n) is 3.23. The first-order valence-electron chi connectivity index (χ1n) is 8.48. The number of rotatable bonds is 3. The first-order valence-corrected chi connectivity index (χ1v) is 9.53. The Bertz CT molecular complexity index is 1000. The molecule has 2 heterocycles. The number of carbonyl (C=O) groups is 1. The molecule has 138 valence electrons. The molecule has 0 saturated heterocycles. The minimum absolute atomic E-state index is 0.130. The number of hydrogen-bond donors (Lipinski definition) is 1. The predicted octanol–water partition coefficient (Wildman–Crippen LogP) is 4.10. The topological polar surface area (TPSA) is 56.1 Å². The summed E-state index contributed by atoms with van der Waals surface area (Å²) in [5.74, 6) is 1.15. The summed E-state index contributed by atoms with van der Waals surface area (Å²) in [6, 6.07) is 14.1. The lowest BCUT2D eigenvalue weighted by atomic mass is 10.0. The van der Waals surface area contributed by atoms with Crippen LogP contribution in [0.1, 0.15) is 22.1 Å². The Morgan fingerprint density at radius 3 is 2.67 bits per heavy atom. The normalized spacial score (nSPS) is 16.4. The first-order chi connectivity index (χ1) is 13.1. The van der Waals surface area contributed by atoms with Crippen LogP contribution in [0.4, 0.5) is 10.2 Å². The van der Waals surface area contributed by atoms with Gasteiger partial charge in [0.05, 0.1) is 29.5 Å². The number of anilines is 1. The Balaban J connectivity index is 1.87. The molecule has 5 nitrogen and oxygen atoms in total. The summed E-state index contributed by atoms with van der Waals surface area (Å²) in [6.07, 6.45) is 0. The van der Waals surface area contributed by atoms with Crippen molar-refractivity contribution in [3.63, 3.8) is 0 Å². The fraction of sp³-hybridized carbons (Fsp3) is 0.200. The summed E-state index contributed by atoms with van der Waals surface area (Å²) in [5.41, 5.74) is 2.92. The van der Waals surface area contributed by atoms with E-state index in [4.69, 9.17) is 4.74 Å². The van der Waals surface area contributed by atoms with E-state index in [2.05, 4.69) is 10.4 Å². The SMILES string of the molecule is COc1ccc(-n2nc(C)c3c2NC(=O)CS[C@@H]3c2ccccc2F)cc1. The maximum Gasteiger partial charge on any atom is 0.235 e. The number of nitrogens with one attached hydrogen (secondary N) is 1. The van der Waals surface area contributed by atoms with Gasteiger partial charge in [-0.1, -0.05) is 18.2 Å². The van der Waals surface area contributed by atoms with Gasteiger partial charge in [0.1, 0.15) is 17.4 Å². The summed E-state index contributed by atoms with van der Waals surface area (Å²) in [4.78, 5) is 12.3. The van der Waals surface area contributed by atoms with Crippen LogP contribution >= 0.6 is 11.8 Å². The molecule has 0 aliphatic carbocycles. The number of amides is 1. The van der Waals surface area contributed by atoms with Crippen molar-refractivity contribution in [3.05, 3.63) is 71.2 Å². The third kappa shape index (κ3) is 3.19. The molecule has 1 aliphatic heterocycles. The van der Waals surface area contributed by atoms with Gasteiger partial charge in [-0.2, -0.15) is 5.10 Å². The monoisotopic (exact) mass is 383 g/mol. The lowest BCUT2D eigenvalue weighted by Gasteiger charge is -2.16. The van der Waals surface area contributed by atoms with Gasteiger partial charge in [0.25, 0.3) is 0 Å². The van der Waals surface area contributed by atoms with Crippen LogP contribution in [0.15, 0.2) is 48.5 Å². The van der Waals surface area contributed by atoms with Crippen molar-refractivity contribution in [2.75, 3.05) is 18.2 Å². The lowest BCUT2D eigenvalue weighted by molar-refractivity contribution is -0.113. The Morgan fingerprint density at radius 1 is 1.22 bits per heavy atom. The number of nitrogens with zero attached hydrogens (tertiary/aromatic N) is 2. The maximum absolute atomic E-state index is 14.5. The molecule has 0 radical (unpaired) electrons. The van der Waals surface area contributed by atoms with Gasteiger partial charge >= 0.3 is 0 Å². The van der Waals surface area contributed by atoms with E-state index in [0.29, 0.717) is 11.4 Å². The van der Waals surface area contributed by atoms with E-state index in [1.54, 1.807) is 23.9 Å². The highest BCUT2D eigenvalue weighted by molar-refractivity contribution is 8.00. The van der Waals surface area contributed by atoms with E-state index >= 15 is 0 Å². The zero-order valence-electron chi connectivity index (χ0n) is 14.9. The van der Waals surface area contributed by atoms with Gasteiger partial charge in [0.2, 0.25) is 5.91 Å². The summed E-state index contributed by atoms with van der Waals surface area (Å²) in [5, 5.41) is 7.26. The number of fused-ring (bicyclic) bond motifs is 1. The Labute approximate surface area is 160 Å². The molecule has 0 fully saturated rings. The van der Waals surface area contributed by atoms with Crippen molar-refractivity contribution in [3.8, 4) is 11.4 Å². The third-order valence-electron chi connectivity index (χ3n) is 4.51. The number of hydrogen-bond acceptors (Lipinski definition) is 4. The van der Waals surface area contributed by atoms with Gasteiger partial charge in [-0.3, -0.25) is 4.79 Å². The maximum atomic E-state index is 14.5. The van der Waals surface area contributed by atoms with Crippen LogP contribution in [0.25, 0.3) is 5.69 Å². The molecule has 0 spiro atoms.